The second-order valence-electron chi connectivity index (χ2n) is 8.28. The highest BCUT2D eigenvalue weighted by atomic mass is 16.5. The molecule has 2 heterocycles. The lowest BCUT2D eigenvalue weighted by Gasteiger charge is -2.41. The average Bonchev–Trinajstić information content (AvgIpc) is 3.17. The quantitative estimate of drug-likeness (QED) is 0.540. The largest absolute Gasteiger partial charge is 0.379 e. The Bertz CT molecular complexity index is 696. The van der Waals surface area contributed by atoms with Gasteiger partial charge in [0.25, 0.3) is 0 Å². The van der Waals surface area contributed by atoms with E-state index in [2.05, 4.69) is 48.4 Å². The van der Waals surface area contributed by atoms with Gasteiger partial charge in [0.2, 0.25) is 5.91 Å². The molecule has 2 N–H and O–H groups in total. The molecule has 7 nitrogen and oxygen atoms in total. The van der Waals surface area contributed by atoms with Gasteiger partial charge in [0.15, 0.2) is 5.96 Å². The number of benzene rings is 1. The van der Waals surface area contributed by atoms with Crippen LogP contribution in [0.25, 0.3) is 0 Å². The van der Waals surface area contributed by atoms with Crippen molar-refractivity contribution < 1.29 is 9.53 Å². The lowest BCUT2D eigenvalue weighted by molar-refractivity contribution is -0.117. The molecule has 29 heavy (non-hydrogen) atoms. The molecule has 0 aliphatic carbocycles. The van der Waals surface area contributed by atoms with Crippen LogP contribution in [0.1, 0.15) is 39.2 Å². The fourth-order valence-corrected chi connectivity index (χ4v) is 3.80. The Morgan fingerprint density at radius 2 is 1.86 bits per heavy atom. The van der Waals surface area contributed by atoms with E-state index in [4.69, 9.17) is 9.73 Å². The first kappa shape index (κ1) is 21.6. The van der Waals surface area contributed by atoms with Crippen LogP contribution in [0, 0.1) is 0 Å². The van der Waals surface area contributed by atoms with Crippen molar-refractivity contribution in [1.82, 2.24) is 15.5 Å². The van der Waals surface area contributed by atoms with Gasteiger partial charge >= 0.3 is 0 Å². The Kier molecular flexibility index (Phi) is 7.50. The Balaban J connectivity index is 1.56. The second-order valence-corrected chi connectivity index (χ2v) is 8.28. The fourth-order valence-electron chi connectivity index (χ4n) is 3.80. The highest BCUT2D eigenvalue weighted by Crippen LogP contribution is 2.21. The molecule has 0 spiro atoms. The first-order chi connectivity index (χ1) is 14.0. The predicted octanol–water partition coefficient (Wildman–Crippen LogP) is 1.98. The predicted molar refractivity (Wildman–Crippen MR) is 117 cm³/mol. The molecule has 0 radical (unpaired) electrons. The molecular formula is C22H35N5O2. The fraction of sp³-hybridized carbons (Fsp3) is 0.636. The van der Waals surface area contributed by atoms with Crippen molar-refractivity contribution in [2.75, 3.05) is 50.8 Å². The summed E-state index contributed by atoms with van der Waals surface area (Å²) in [6, 6.07) is 8.17. The topological polar surface area (TPSA) is 69.2 Å². The van der Waals surface area contributed by atoms with Gasteiger partial charge in [-0.25, -0.2) is 4.99 Å². The molecule has 0 unspecified atom stereocenters. The average molecular weight is 402 g/mol. The number of carbonyl (C=O) groups is 1. The Labute approximate surface area is 174 Å². The van der Waals surface area contributed by atoms with Crippen molar-refractivity contribution in [2.45, 2.75) is 45.7 Å². The summed E-state index contributed by atoms with van der Waals surface area (Å²) in [4.78, 5) is 21.0. The number of carbonyl (C=O) groups excluding carboxylic acids is 1. The summed E-state index contributed by atoms with van der Waals surface area (Å²) in [5.74, 6) is 1.05. The van der Waals surface area contributed by atoms with Crippen LogP contribution in [-0.4, -0.2) is 68.2 Å². The van der Waals surface area contributed by atoms with E-state index in [0.29, 0.717) is 13.0 Å². The Morgan fingerprint density at radius 1 is 1.14 bits per heavy atom. The molecule has 2 fully saturated rings. The summed E-state index contributed by atoms with van der Waals surface area (Å²) in [5, 5.41) is 6.83. The van der Waals surface area contributed by atoms with Crippen molar-refractivity contribution in [3.63, 3.8) is 0 Å². The van der Waals surface area contributed by atoms with Crippen molar-refractivity contribution in [3.8, 4) is 0 Å². The van der Waals surface area contributed by atoms with E-state index in [1.807, 2.05) is 17.0 Å². The second kappa shape index (κ2) is 10.1. The van der Waals surface area contributed by atoms with E-state index >= 15 is 0 Å². The summed E-state index contributed by atoms with van der Waals surface area (Å²) in [6.45, 7) is 13.2. The van der Waals surface area contributed by atoms with Crippen LogP contribution in [0.15, 0.2) is 29.3 Å². The molecule has 1 amide bonds. The minimum absolute atomic E-state index is 0.0316. The van der Waals surface area contributed by atoms with Gasteiger partial charge in [-0.1, -0.05) is 12.1 Å². The van der Waals surface area contributed by atoms with Crippen LogP contribution in [0.3, 0.4) is 0 Å². The van der Waals surface area contributed by atoms with Gasteiger partial charge in [-0.3, -0.25) is 9.69 Å². The van der Waals surface area contributed by atoms with Crippen molar-refractivity contribution in [1.29, 1.82) is 0 Å². The van der Waals surface area contributed by atoms with Crippen LogP contribution < -0.4 is 15.5 Å². The van der Waals surface area contributed by atoms with Gasteiger partial charge in [-0.15, -0.1) is 0 Å². The summed E-state index contributed by atoms with van der Waals surface area (Å²) in [6.07, 6.45) is 1.61. The van der Waals surface area contributed by atoms with Gasteiger partial charge in [-0.2, -0.15) is 0 Å². The molecule has 0 bridgehead atoms. The zero-order valence-corrected chi connectivity index (χ0v) is 18.0. The normalized spacial score (nSPS) is 18.9. The summed E-state index contributed by atoms with van der Waals surface area (Å²) in [7, 11) is 0. The van der Waals surface area contributed by atoms with E-state index < -0.39 is 0 Å². The SMILES string of the molecule is CCNC(=NCc1ccc(N2CCCC2=O)cc1)NCC(C)(C)N1CCOCC1. The lowest BCUT2D eigenvalue weighted by atomic mass is 10.0. The highest BCUT2D eigenvalue weighted by Gasteiger charge is 2.28. The Morgan fingerprint density at radius 3 is 2.48 bits per heavy atom. The van der Waals surface area contributed by atoms with Gasteiger partial charge in [-0.05, 0) is 44.9 Å². The van der Waals surface area contributed by atoms with Crippen molar-refractivity contribution in [3.05, 3.63) is 29.8 Å². The van der Waals surface area contributed by atoms with Crippen LogP contribution in [0.5, 0.6) is 0 Å². The van der Waals surface area contributed by atoms with Gasteiger partial charge in [0.1, 0.15) is 0 Å². The van der Waals surface area contributed by atoms with Crippen molar-refractivity contribution >= 4 is 17.6 Å². The van der Waals surface area contributed by atoms with E-state index in [1.165, 1.54) is 0 Å². The number of guanidine groups is 1. The molecule has 0 atom stereocenters. The number of ether oxygens (including phenoxy) is 1. The number of morpholine rings is 1. The zero-order chi connectivity index (χ0) is 20.7. The maximum absolute atomic E-state index is 11.9. The van der Waals surface area contributed by atoms with E-state index in [0.717, 1.165) is 69.6 Å². The van der Waals surface area contributed by atoms with E-state index in [9.17, 15) is 4.79 Å². The number of hydrogen-bond donors (Lipinski definition) is 2. The molecule has 0 saturated carbocycles. The number of anilines is 1. The van der Waals surface area contributed by atoms with E-state index in [-0.39, 0.29) is 11.4 Å². The lowest BCUT2D eigenvalue weighted by Crippen LogP contribution is -2.56. The molecule has 1 aromatic carbocycles. The number of hydrogen-bond acceptors (Lipinski definition) is 4. The summed E-state index contributed by atoms with van der Waals surface area (Å²) >= 11 is 0. The third-order valence-corrected chi connectivity index (χ3v) is 5.64. The number of rotatable bonds is 7. The van der Waals surface area contributed by atoms with Crippen LogP contribution in [-0.2, 0) is 16.1 Å². The first-order valence-electron chi connectivity index (χ1n) is 10.7. The molecule has 2 aliphatic rings. The first-order valence-corrected chi connectivity index (χ1v) is 10.7. The minimum atomic E-state index is 0.0316. The molecule has 160 valence electrons. The highest BCUT2D eigenvalue weighted by molar-refractivity contribution is 5.95. The standard InChI is InChI=1S/C22H35N5O2/c1-4-23-21(25-17-22(2,3)26-12-14-29-15-13-26)24-16-18-7-9-19(10-8-18)27-11-5-6-20(27)28/h7-10H,4-6,11-17H2,1-3H3,(H2,23,24,25). The molecule has 2 saturated heterocycles. The van der Waals surface area contributed by atoms with Gasteiger partial charge in [0, 0.05) is 50.4 Å². The Hall–Kier alpha value is -2.12. The summed E-state index contributed by atoms with van der Waals surface area (Å²) in [5.41, 5.74) is 2.15. The van der Waals surface area contributed by atoms with E-state index in [1.54, 1.807) is 0 Å². The molecule has 3 rings (SSSR count). The molecule has 2 aliphatic heterocycles. The maximum Gasteiger partial charge on any atom is 0.227 e. The molecule has 1 aromatic rings. The zero-order valence-electron chi connectivity index (χ0n) is 18.0. The number of amides is 1. The molecular weight excluding hydrogens is 366 g/mol. The van der Waals surface area contributed by atoms with Crippen LogP contribution in [0.4, 0.5) is 5.69 Å². The van der Waals surface area contributed by atoms with Crippen molar-refractivity contribution in [2.24, 2.45) is 4.99 Å². The third-order valence-electron chi connectivity index (χ3n) is 5.64. The molecule has 7 heteroatoms. The van der Waals surface area contributed by atoms with Gasteiger partial charge in [0.05, 0.1) is 19.8 Å². The van der Waals surface area contributed by atoms with Gasteiger partial charge < -0.3 is 20.3 Å². The third kappa shape index (κ3) is 5.93. The maximum atomic E-state index is 11.9. The van der Waals surface area contributed by atoms with Crippen LogP contribution >= 0.6 is 0 Å². The summed E-state index contributed by atoms with van der Waals surface area (Å²) < 4.78 is 5.47. The smallest absolute Gasteiger partial charge is 0.227 e. The number of aliphatic imine (C=N–C) groups is 1. The monoisotopic (exact) mass is 401 g/mol. The number of nitrogens with one attached hydrogen (secondary N) is 2. The minimum Gasteiger partial charge on any atom is -0.379 e. The molecule has 0 aromatic heterocycles. The van der Waals surface area contributed by atoms with Crippen LogP contribution in [0.2, 0.25) is 0 Å². The number of nitrogens with zero attached hydrogens (tertiary/aromatic N) is 3.